The van der Waals surface area contributed by atoms with Crippen molar-refractivity contribution in [2.45, 2.75) is 13.0 Å². The molecule has 0 fully saturated rings. The molecule has 7 heteroatoms. The summed E-state index contributed by atoms with van der Waals surface area (Å²) in [5.41, 5.74) is 5.31. The first-order chi connectivity index (χ1) is 7.11. The van der Waals surface area contributed by atoms with E-state index in [1.54, 1.807) is 14.0 Å². The number of amides is 1. The highest BCUT2D eigenvalue weighted by atomic mass is 16.5. The molecule has 0 spiro atoms. The van der Waals surface area contributed by atoms with Crippen LogP contribution in [0.5, 0.6) is 0 Å². The van der Waals surface area contributed by atoms with E-state index in [1.807, 2.05) is 0 Å². The second-order valence-corrected chi connectivity index (χ2v) is 2.97. The van der Waals surface area contributed by atoms with Gasteiger partial charge in [-0.3, -0.25) is 10.1 Å². The quantitative estimate of drug-likeness (QED) is 0.136. The van der Waals surface area contributed by atoms with Gasteiger partial charge < -0.3 is 21.0 Å². The number of carbonyl (C=O) groups excluding carboxylic acids is 1. The number of hydrogen-bond acceptors (Lipinski definition) is 5. The van der Waals surface area contributed by atoms with E-state index in [2.05, 4.69) is 15.8 Å². The molecule has 1 atom stereocenters. The zero-order chi connectivity index (χ0) is 11.7. The van der Waals surface area contributed by atoms with Crippen molar-refractivity contribution in [3.8, 4) is 0 Å². The molecular weight excluding hydrogens is 200 g/mol. The lowest BCUT2D eigenvalue weighted by Gasteiger charge is -2.11. The maximum atomic E-state index is 11.2. The average Bonchev–Trinajstić information content (AvgIpc) is 2.25. The molecule has 0 aromatic heterocycles. The Morgan fingerprint density at radius 3 is 2.87 bits per heavy atom. The molecule has 0 aromatic carbocycles. The predicted octanol–water partition coefficient (Wildman–Crippen LogP) is -1.53. The van der Waals surface area contributed by atoms with Crippen molar-refractivity contribution < 1.29 is 14.7 Å². The molecule has 0 radical (unpaired) electrons. The highest BCUT2D eigenvalue weighted by Gasteiger charge is 2.08. The topological polar surface area (TPSA) is 109 Å². The fourth-order valence-electron chi connectivity index (χ4n) is 0.792. The van der Waals surface area contributed by atoms with Crippen LogP contribution in [-0.4, -0.2) is 49.8 Å². The number of hydrogen-bond donors (Lipinski definition) is 4. The van der Waals surface area contributed by atoms with Gasteiger partial charge in [-0.05, 0) is 6.92 Å². The molecule has 0 bridgehead atoms. The number of carbonyl (C=O) groups is 1. The Hall–Kier alpha value is -1.34. The third-order valence-electron chi connectivity index (χ3n) is 1.76. The summed E-state index contributed by atoms with van der Waals surface area (Å²) in [5, 5.41) is 16.6. The summed E-state index contributed by atoms with van der Waals surface area (Å²) in [6.07, 6.45) is 0. The number of nitrogens with one attached hydrogen (secondary N) is 2. The predicted molar refractivity (Wildman–Crippen MR) is 55.8 cm³/mol. The van der Waals surface area contributed by atoms with E-state index >= 15 is 0 Å². The highest BCUT2D eigenvalue weighted by molar-refractivity contribution is 5.85. The first kappa shape index (κ1) is 13.7. The van der Waals surface area contributed by atoms with Gasteiger partial charge in [-0.15, -0.1) is 0 Å². The summed E-state index contributed by atoms with van der Waals surface area (Å²) in [6.45, 7) is 2.75. The van der Waals surface area contributed by atoms with Gasteiger partial charge in [0.25, 0.3) is 0 Å². The summed E-state index contributed by atoms with van der Waals surface area (Å²) >= 11 is 0. The normalized spacial score (nSPS) is 13.6. The van der Waals surface area contributed by atoms with Crippen molar-refractivity contribution in [3.05, 3.63) is 0 Å². The Balaban J connectivity index is 3.62. The van der Waals surface area contributed by atoms with Gasteiger partial charge in [-0.25, -0.2) is 0 Å². The van der Waals surface area contributed by atoms with Crippen molar-refractivity contribution in [2.75, 3.05) is 26.8 Å². The van der Waals surface area contributed by atoms with Gasteiger partial charge in [-0.1, -0.05) is 5.16 Å². The van der Waals surface area contributed by atoms with E-state index in [0.717, 1.165) is 0 Å². The highest BCUT2D eigenvalue weighted by Crippen LogP contribution is 1.80. The van der Waals surface area contributed by atoms with Crippen LogP contribution in [0.2, 0.25) is 0 Å². The monoisotopic (exact) mass is 218 g/mol. The molecule has 0 saturated carbocycles. The molecule has 0 aliphatic carbocycles. The minimum atomic E-state index is -0.344. The molecule has 0 aliphatic rings. The smallest absolute Gasteiger partial charge is 0.234 e. The molecule has 15 heavy (non-hydrogen) atoms. The molecule has 1 unspecified atom stereocenters. The van der Waals surface area contributed by atoms with Crippen LogP contribution in [0, 0.1) is 0 Å². The minimum absolute atomic E-state index is 0.0414. The summed E-state index contributed by atoms with van der Waals surface area (Å²) in [7, 11) is 1.56. The lowest BCUT2D eigenvalue weighted by molar-refractivity contribution is -0.120. The average molecular weight is 218 g/mol. The van der Waals surface area contributed by atoms with Crippen molar-refractivity contribution >= 4 is 11.7 Å². The van der Waals surface area contributed by atoms with Crippen molar-refractivity contribution in [1.82, 2.24) is 10.6 Å². The number of oxime groups is 1. The maximum Gasteiger partial charge on any atom is 0.234 e. The number of rotatable bonds is 7. The number of methoxy groups -OCH3 is 1. The summed E-state index contributed by atoms with van der Waals surface area (Å²) in [6, 6.07) is -0.344. The SMILES string of the molecule is COCCNC(=O)CNC(C)C(N)=NO. The number of ether oxygens (including phenoxy) is 1. The molecule has 1 amide bonds. The van der Waals surface area contributed by atoms with Gasteiger partial charge in [0.05, 0.1) is 19.2 Å². The van der Waals surface area contributed by atoms with E-state index < -0.39 is 0 Å². The van der Waals surface area contributed by atoms with Crippen molar-refractivity contribution in [3.63, 3.8) is 0 Å². The Labute approximate surface area is 88.7 Å². The van der Waals surface area contributed by atoms with Crippen LogP contribution in [-0.2, 0) is 9.53 Å². The number of nitrogens with two attached hydrogens (primary N) is 1. The van der Waals surface area contributed by atoms with E-state index in [0.29, 0.717) is 13.2 Å². The molecule has 0 rings (SSSR count). The largest absolute Gasteiger partial charge is 0.409 e. The summed E-state index contributed by atoms with van der Waals surface area (Å²) in [5.74, 6) is -0.121. The van der Waals surface area contributed by atoms with Crippen LogP contribution in [0.25, 0.3) is 0 Å². The van der Waals surface area contributed by atoms with Crippen LogP contribution >= 0.6 is 0 Å². The van der Waals surface area contributed by atoms with Crippen molar-refractivity contribution in [2.24, 2.45) is 10.9 Å². The van der Waals surface area contributed by atoms with E-state index in [-0.39, 0.29) is 24.3 Å². The molecule has 0 aromatic rings. The van der Waals surface area contributed by atoms with E-state index in [1.165, 1.54) is 0 Å². The van der Waals surface area contributed by atoms with Crippen LogP contribution in [0.4, 0.5) is 0 Å². The lowest BCUT2D eigenvalue weighted by atomic mass is 10.3. The molecule has 5 N–H and O–H groups in total. The van der Waals surface area contributed by atoms with Gasteiger partial charge in [0.2, 0.25) is 5.91 Å². The first-order valence-corrected chi connectivity index (χ1v) is 4.58. The van der Waals surface area contributed by atoms with Gasteiger partial charge in [0, 0.05) is 13.7 Å². The van der Waals surface area contributed by atoms with E-state index in [9.17, 15) is 4.79 Å². The van der Waals surface area contributed by atoms with Gasteiger partial charge in [-0.2, -0.15) is 0 Å². The second-order valence-electron chi connectivity index (χ2n) is 2.97. The maximum absolute atomic E-state index is 11.2. The van der Waals surface area contributed by atoms with Gasteiger partial charge in [0.1, 0.15) is 0 Å². The van der Waals surface area contributed by atoms with Gasteiger partial charge in [0.15, 0.2) is 5.84 Å². The first-order valence-electron chi connectivity index (χ1n) is 4.58. The number of amidine groups is 1. The molecule has 0 heterocycles. The fraction of sp³-hybridized carbons (Fsp3) is 0.750. The Bertz CT molecular complexity index is 220. The lowest BCUT2D eigenvalue weighted by Crippen LogP contribution is -2.44. The zero-order valence-corrected chi connectivity index (χ0v) is 8.99. The molecule has 0 saturated heterocycles. The van der Waals surface area contributed by atoms with Crippen LogP contribution in [0.3, 0.4) is 0 Å². The Morgan fingerprint density at radius 2 is 2.33 bits per heavy atom. The molecular formula is C8H18N4O3. The van der Waals surface area contributed by atoms with Crippen LogP contribution in [0.1, 0.15) is 6.92 Å². The minimum Gasteiger partial charge on any atom is -0.409 e. The summed E-state index contributed by atoms with van der Waals surface area (Å²) in [4.78, 5) is 11.2. The third-order valence-corrected chi connectivity index (χ3v) is 1.76. The molecule has 7 nitrogen and oxygen atoms in total. The Kier molecular flexibility index (Phi) is 7.29. The molecule has 0 aliphatic heterocycles. The zero-order valence-electron chi connectivity index (χ0n) is 8.99. The van der Waals surface area contributed by atoms with Crippen molar-refractivity contribution in [1.29, 1.82) is 0 Å². The summed E-state index contributed by atoms with van der Waals surface area (Å²) < 4.78 is 4.77. The standard InChI is InChI=1S/C8H18N4O3/c1-6(8(9)12-14)11-5-7(13)10-3-4-15-2/h6,11,14H,3-5H2,1-2H3,(H2,9,12)(H,10,13). The fourth-order valence-corrected chi connectivity index (χ4v) is 0.792. The number of nitrogens with zero attached hydrogens (tertiary/aromatic N) is 1. The van der Waals surface area contributed by atoms with E-state index in [4.69, 9.17) is 15.7 Å². The van der Waals surface area contributed by atoms with Crippen LogP contribution in [0.15, 0.2) is 5.16 Å². The Morgan fingerprint density at radius 1 is 1.67 bits per heavy atom. The third kappa shape index (κ3) is 6.69. The van der Waals surface area contributed by atoms with Crippen LogP contribution < -0.4 is 16.4 Å². The molecule has 88 valence electrons. The second kappa shape index (κ2) is 8.01. The van der Waals surface area contributed by atoms with Gasteiger partial charge >= 0.3 is 0 Å².